The van der Waals surface area contributed by atoms with Crippen molar-refractivity contribution in [3.05, 3.63) is 52.5 Å². The van der Waals surface area contributed by atoms with Crippen LogP contribution in [0.2, 0.25) is 0 Å². The Morgan fingerprint density at radius 2 is 1.94 bits per heavy atom. The maximum absolute atomic E-state index is 12.2. The van der Waals surface area contributed by atoms with Crippen LogP contribution in [0.5, 0.6) is 11.5 Å². The van der Waals surface area contributed by atoms with Gasteiger partial charge in [0.25, 0.3) is 5.91 Å². The second kappa shape index (κ2) is 12.2. The summed E-state index contributed by atoms with van der Waals surface area (Å²) >= 11 is 5.15. The Balaban J connectivity index is 1.57. The van der Waals surface area contributed by atoms with E-state index in [2.05, 4.69) is 42.1 Å². The third kappa shape index (κ3) is 7.44. The van der Waals surface area contributed by atoms with Crippen molar-refractivity contribution in [1.29, 1.82) is 0 Å². The molecule has 2 N–H and O–H groups in total. The standard InChI is InChI=1S/C23H29BrN6O3S/c1-23(2,3)26-20(31)15-33-21-17(18(24)10-11-19(21)32-4)14-25-12-13-34-22-27-28-29-30(22)16-8-6-5-7-9-16/h5-11,25H,12-15H2,1-4H3,(H,26,31). The maximum atomic E-state index is 12.2. The number of methoxy groups -OCH3 is 1. The molecule has 0 bridgehead atoms. The molecular weight excluding hydrogens is 520 g/mol. The molecule has 0 radical (unpaired) electrons. The van der Waals surface area contributed by atoms with Crippen molar-refractivity contribution in [2.75, 3.05) is 26.0 Å². The van der Waals surface area contributed by atoms with Crippen LogP contribution in [0, 0.1) is 0 Å². The lowest BCUT2D eigenvalue weighted by Crippen LogP contribution is -2.43. The number of halogens is 1. The first-order valence-electron chi connectivity index (χ1n) is 10.7. The molecule has 0 atom stereocenters. The zero-order valence-electron chi connectivity index (χ0n) is 19.7. The van der Waals surface area contributed by atoms with Gasteiger partial charge in [-0.2, -0.15) is 4.68 Å². The number of nitrogens with zero attached hydrogens (tertiary/aromatic N) is 4. The summed E-state index contributed by atoms with van der Waals surface area (Å²) in [4.78, 5) is 12.2. The number of hydrogen-bond donors (Lipinski definition) is 2. The van der Waals surface area contributed by atoms with Crippen molar-refractivity contribution in [2.45, 2.75) is 38.0 Å². The molecule has 1 aromatic heterocycles. The Morgan fingerprint density at radius 3 is 2.65 bits per heavy atom. The van der Waals surface area contributed by atoms with E-state index < -0.39 is 0 Å². The number of carbonyl (C=O) groups is 1. The Hall–Kier alpha value is -2.63. The molecule has 0 spiro atoms. The van der Waals surface area contributed by atoms with Crippen molar-refractivity contribution in [3.63, 3.8) is 0 Å². The number of rotatable bonds is 11. The molecule has 0 unspecified atom stereocenters. The number of ether oxygens (including phenoxy) is 2. The van der Waals surface area contributed by atoms with Crippen LogP contribution in [0.4, 0.5) is 0 Å². The third-order valence-electron chi connectivity index (χ3n) is 4.50. The number of hydrogen-bond acceptors (Lipinski definition) is 8. The molecule has 3 aromatic rings. The fourth-order valence-electron chi connectivity index (χ4n) is 3.09. The Bertz CT molecular complexity index is 1090. The zero-order valence-corrected chi connectivity index (χ0v) is 22.1. The van der Waals surface area contributed by atoms with Gasteiger partial charge in [-0.05, 0) is 55.5 Å². The van der Waals surface area contributed by atoms with Crippen LogP contribution in [0.25, 0.3) is 5.69 Å². The van der Waals surface area contributed by atoms with Gasteiger partial charge in [0.15, 0.2) is 18.1 Å². The van der Waals surface area contributed by atoms with Crippen LogP contribution in [0.3, 0.4) is 0 Å². The largest absolute Gasteiger partial charge is 0.493 e. The highest BCUT2D eigenvalue weighted by Gasteiger charge is 2.18. The molecular formula is C23H29BrN6O3S. The van der Waals surface area contributed by atoms with Gasteiger partial charge in [-0.3, -0.25) is 4.79 Å². The van der Waals surface area contributed by atoms with Gasteiger partial charge in [0, 0.05) is 34.4 Å². The van der Waals surface area contributed by atoms with E-state index >= 15 is 0 Å². The monoisotopic (exact) mass is 548 g/mol. The highest BCUT2D eigenvalue weighted by atomic mass is 79.9. The fraction of sp³-hybridized carbons (Fsp3) is 0.391. The number of thioether (sulfide) groups is 1. The summed E-state index contributed by atoms with van der Waals surface area (Å²) in [6.07, 6.45) is 0. The highest BCUT2D eigenvalue weighted by molar-refractivity contribution is 9.10. The number of amides is 1. The molecule has 34 heavy (non-hydrogen) atoms. The van der Waals surface area contributed by atoms with Crippen LogP contribution < -0.4 is 20.1 Å². The van der Waals surface area contributed by atoms with Gasteiger partial charge >= 0.3 is 0 Å². The summed E-state index contributed by atoms with van der Waals surface area (Å²) in [6.45, 7) is 6.91. The Kier molecular flexibility index (Phi) is 9.31. The molecule has 0 fully saturated rings. The summed E-state index contributed by atoms with van der Waals surface area (Å²) < 4.78 is 13.9. The van der Waals surface area contributed by atoms with Gasteiger partial charge in [0.2, 0.25) is 5.16 Å². The van der Waals surface area contributed by atoms with E-state index in [9.17, 15) is 4.79 Å². The number of benzene rings is 2. The van der Waals surface area contributed by atoms with Gasteiger partial charge < -0.3 is 20.1 Å². The first-order chi connectivity index (χ1) is 16.3. The lowest BCUT2D eigenvalue weighted by Gasteiger charge is -2.21. The lowest BCUT2D eigenvalue weighted by molar-refractivity contribution is -0.124. The molecule has 0 aliphatic carbocycles. The average Bonchev–Trinajstić information content (AvgIpc) is 3.26. The Labute approximate surface area is 212 Å². The summed E-state index contributed by atoms with van der Waals surface area (Å²) in [6, 6.07) is 13.5. The molecule has 0 saturated heterocycles. The summed E-state index contributed by atoms with van der Waals surface area (Å²) in [5.41, 5.74) is 1.46. The quantitative estimate of drug-likeness (QED) is 0.276. The molecule has 0 aliphatic heterocycles. The number of para-hydroxylation sites is 1. The minimum atomic E-state index is -0.329. The maximum Gasteiger partial charge on any atom is 0.258 e. The van der Waals surface area contributed by atoms with Crippen molar-refractivity contribution < 1.29 is 14.3 Å². The molecule has 2 aromatic carbocycles. The van der Waals surface area contributed by atoms with E-state index in [0.29, 0.717) is 24.6 Å². The Morgan fingerprint density at radius 1 is 1.18 bits per heavy atom. The first kappa shape index (κ1) is 26.0. The van der Waals surface area contributed by atoms with Crippen LogP contribution in [-0.4, -0.2) is 57.7 Å². The molecule has 1 amide bonds. The highest BCUT2D eigenvalue weighted by Crippen LogP contribution is 2.36. The van der Waals surface area contributed by atoms with Crippen LogP contribution in [0.15, 0.2) is 52.1 Å². The molecule has 0 saturated carbocycles. The van der Waals surface area contributed by atoms with Crippen molar-refractivity contribution >= 4 is 33.6 Å². The molecule has 3 rings (SSSR count). The average molecular weight is 549 g/mol. The number of tetrazole rings is 1. The SMILES string of the molecule is COc1ccc(Br)c(CNCCSc2nnnn2-c2ccccc2)c1OCC(=O)NC(C)(C)C. The summed E-state index contributed by atoms with van der Waals surface area (Å²) in [5, 5.41) is 19.0. The van der Waals surface area contributed by atoms with Gasteiger partial charge in [-0.1, -0.05) is 45.9 Å². The van der Waals surface area contributed by atoms with Gasteiger partial charge in [-0.15, -0.1) is 5.10 Å². The van der Waals surface area contributed by atoms with Crippen molar-refractivity contribution in [2.24, 2.45) is 0 Å². The van der Waals surface area contributed by atoms with Crippen molar-refractivity contribution in [1.82, 2.24) is 30.8 Å². The molecule has 182 valence electrons. The lowest BCUT2D eigenvalue weighted by atomic mass is 10.1. The molecule has 9 nitrogen and oxygen atoms in total. The van der Waals surface area contributed by atoms with Gasteiger partial charge in [0.05, 0.1) is 12.8 Å². The normalized spacial score (nSPS) is 11.3. The predicted molar refractivity (Wildman–Crippen MR) is 136 cm³/mol. The van der Waals surface area contributed by atoms with Crippen LogP contribution in [0.1, 0.15) is 26.3 Å². The van der Waals surface area contributed by atoms with E-state index in [1.807, 2.05) is 63.2 Å². The first-order valence-corrected chi connectivity index (χ1v) is 12.5. The summed E-state index contributed by atoms with van der Waals surface area (Å²) in [5.74, 6) is 1.67. The van der Waals surface area contributed by atoms with Crippen LogP contribution in [-0.2, 0) is 11.3 Å². The van der Waals surface area contributed by atoms with E-state index in [1.54, 1.807) is 23.6 Å². The van der Waals surface area contributed by atoms with Crippen LogP contribution >= 0.6 is 27.7 Å². The van der Waals surface area contributed by atoms with E-state index in [4.69, 9.17) is 9.47 Å². The molecule has 1 heterocycles. The molecule has 0 aliphatic rings. The molecule has 11 heteroatoms. The summed E-state index contributed by atoms with van der Waals surface area (Å²) in [7, 11) is 1.58. The van der Waals surface area contributed by atoms with Gasteiger partial charge in [0.1, 0.15) is 0 Å². The number of aromatic nitrogens is 4. The van der Waals surface area contributed by atoms with E-state index in [1.165, 1.54) is 0 Å². The fourth-order valence-corrected chi connectivity index (χ4v) is 4.33. The number of carbonyl (C=O) groups excluding carboxylic acids is 1. The minimum absolute atomic E-state index is 0.102. The predicted octanol–water partition coefficient (Wildman–Crippen LogP) is 3.61. The van der Waals surface area contributed by atoms with E-state index in [0.717, 1.165) is 26.6 Å². The topological polar surface area (TPSA) is 103 Å². The second-order valence-electron chi connectivity index (χ2n) is 8.38. The third-order valence-corrected chi connectivity index (χ3v) is 6.17. The smallest absolute Gasteiger partial charge is 0.258 e. The second-order valence-corrected chi connectivity index (χ2v) is 10.3. The number of nitrogens with one attached hydrogen (secondary N) is 2. The van der Waals surface area contributed by atoms with Gasteiger partial charge in [-0.25, -0.2) is 0 Å². The van der Waals surface area contributed by atoms with Crippen molar-refractivity contribution in [3.8, 4) is 17.2 Å². The zero-order chi connectivity index (χ0) is 24.6. The minimum Gasteiger partial charge on any atom is -0.493 e. The van der Waals surface area contributed by atoms with E-state index in [-0.39, 0.29) is 18.1 Å².